The van der Waals surface area contributed by atoms with Gasteiger partial charge in [0.1, 0.15) is 5.75 Å². The van der Waals surface area contributed by atoms with E-state index in [1.54, 1.807) is 7.11 Å². The first-order chi connectivity index (χ1) is 12.1. The fourth-order valence-corrected chi connectivity index (χ4v) is 2.92. The molecule has 0 atom stereocenters. The average Bonchev–Trinajstić information content (AvgIpc) is 3.04. The normalized spacial score (nSPS) is 16.0. The Labute approximate surface area is 173 Å². The lowest BCUT2D eigenvalue weighted by atomic mass is 10.0. The predicted octanol–water partition coefficient (Wildman–Crippen LogP) is 3.40. The number of aliphatic hydroxyl groups is 1. The Balaban J connectivity index is 0.00000338. The van der Waals surface area contributed by atoms with Gasteiger partial charge in [-0.3, -0.25) is 4.99 Å². The summed E-state index contributed by atoms with van der Waals surface area (Å²) in [4.78, 5) is 4.57. The number of benzene rings is 1. The first kappa shape index (κ1) is 23.0. The highest BCUT2D eigenvalue weighted by Gasteiger charge is 2.30. The van der Waals surface area contributed by atoms with Crippen molar-refractivity contribution in [2.24, 2.45) is 4.99 Å². The molecule has 0 radical (unpaired) electrons. The van der Waals surface area contributed by atoms with Gasteiger partial charge in [0.25, 0.3) is 0 Å². The van der Waals surface area contributed by atoms with Crippen molar-refractivity contribution in [3.8, 4) is 5.75 Å². The quantitative estimate of drug-likeness (QED) is 0.220. The molecule has 1 fully saturated rings. The molecule has 6 nitrogen and oxygen atoms in total. The van der Waals surface area contributed by atoms with Crippen LogP contribution in [0.2, 0.25) is 0 Å². The van der Waals surface area contributed by atoms with Crippen LogP contribution in [-0.4, -0.2) is 50.1 Å². The lowest BCUT2D eigenvalue weighted by Crippen LogP contribution is -2.34. The van der Waals surface area contributed by atoms with Gasteiger partial charge in [0, 0.05) is 38.4 Å². The first-order valence-corrected chi connectivity index (χ1v) is 9.15. The molecule has 0 amide bonds. The van der Waals surface area contributed by atoms with Crippen LogP contribution in [0.4, 0.5) is 5.69 Å². The molecule has 7 heteroatoms. The van der Waals surface area contributed by atoms with Gasteiger partial charge in [-0.15, -0.1) is 24.0 Å². The minimum Gasteiger partial charge on any atom is -0.493 e. The van der Waals surface area contributed by atoms with Gasteiger partial charge in [-0.05, 0) is 31.9 Å². The summed E-state index contributed by atoms with van der Waals surface area (Å²) in [7, 11) is 1.69. The molecule has 0 aromatic heterocycles. The molecule has 0 saturated heterocycles. The molecular formula is C19H32IN3O3. The predicted molar refractivity (Wildman–Crippen MR) is 117 cm³/mol. The van der Waals surface area contributed by atoms with Gasteiger partial charge in [-0.2, -0.15) is 0 Å². The number of guanidine groups is 1. The summed E-state index contributed by atoms with van der Waals surface area (Å²) in [6.45, 7) is 4.53. The molecule has 0 heterocycles. The number of methoxy groups -OCH3 is 1. The van der Waals surface area contributed by atoms with Gasteiger partial charge < -0.3 is 25.2 Å². The number of rotatable bonds is 9. The minimum absolute atomic E-state index is 0. The third-order valence-electron chi connectivity index (χ3n) is 4.27. The van der Waals surface area contributed by atoms with Crippen LogP contribution in [0.3, 0.4) is 0 Å². The monoisotopic (exact) mass is 477 g/mol. The van der Waals surface area contributed by atoms with Crippen LogP contribution in [-0.2, 0) is 4.74 Å². The molecule has 1 aliphatic rings. The second kappa shape index (κ2) is 12.3. The molecule has 148 valence electrons. The van der Waals surface area contributed by atoms with Crippen LogP contribution >= 0.6 is 24.0 Å². The van der Waals surface area contributed by atoms with E-state index in [0.717, 1.165) is 50.1 Å². The topological polar surface area (TPSA) is 75.1 Å². The van der Waals surface area contributed by atoms with Crippen molar-refractivity contribution < 1.29 is 14.6 Å². The molecule has 0 spiro atoms. The molecular weight excluding hydrogens is 445 g/mol. The first-order valence-electron chi connectivity index (χ1n) is 9.15. The van der Waals surface area contributed by atoms with E-state index in [-0.39, 0.29) is 24.0 Å². The lowest BCUT2D eigenvalue weighted by molar-refractivity contribution is 0.0575. The number of nitrogens with one attached hydrogen (secondary N) is 2. The Morgan fingerprint density at radius 3 is 2.73 bits per heavy atom. The fraction of sp³-hybridized carbons (Fsp3) is 0.632. The van der Waals surface area contributed by atoms with Crippen LogP contribution in [0.5, 0.6) is 5.75 Å². The van der Waals surface area contributed by atoms with Gasteiger partial charge in [0.2, 0.25) is 0 Å². The summed E-state index contributed by atoms with van der Waals surface area (Å²) in [6.07, 6.45) is 4.69. The van der Waals surface area contributed by atoms with Crippen LogP contribution in [0.15, 0.2) is 29.3 Å². The molecule has 3 N–H and O–H groups in total. The van der Waals surface area contributed by atoms with Crippen molar-refractivity contribution in [2.45, 2.75) is 44.6 Å². The highest BCUT2D eigenvalue weighted by atomic mass is 127. The number of aliphatic imine (C=N–C) groups is 1. The molecule has 26 heavy (non-hydrogen) atoms. The summed E-state index contributed by atoms with van der Waals surface area (Å²) in [5, 5.41) is 17.0. The van der Waals surface area contributed by atoms with Gasteiger partial charge in [-0.1, -0.05) is 18.9 Å². The summed E-state index contributed by atoms with van der Waals surface area (Å²) in [6, 6.07) is 7.80. The van der Waals surface area contributed by atoms with E-state index in [1.807, 2.05) is 31.2 Å². The summed E-state index contributed by atoms with van der Waals surface area (Å²) in [5.74, 6) is 1.49. The van der Waals surface area contributed by atoms with Crippen molar-refractivity contribution >= 4 is 35.6 Å². The van der Waals surface area contributed by atoms with Crippen LogP contribution in [0, 0.1) is 0 Å². The highest BCUT2D eigenvalue weighted by molar-refractivity contribution is 14.0. The van der Waals surface area contributed by atoms with E-state index in [9.17, 15) is 5.11 Å². The maximum atomic E-state index is 10.5. The van der Waals surface area contributed by atoms with Crippen LogP contribution in [0.1, 0.15) is 39.0 Å². The fourth-order valence-electron chi connectivity index (χ4n) is 2.92. The Kier molecular flexibility index (Phi) is 10.9. The van der Waals surface area contributed by atoms with Gasteiger partial charge in [0.05, 0.1) is 18.8 Å². The smallest absolute Gasteiger partial charge is 0.195 e. The van der Waals surface area contributed by atoms with Crippen molar-refractivity contribution in [3.05, 3.63) is 24.3 Å². The Morgan fingerprint density at radius 1 is 1.27 bits per heavy atom. The summed E-state index contributed by atoms with van der Waals surface area (Å²) < 4.78 is 10.8. The van der Waals surface area contributed by atoms with Gasteiger partial charge in [0.15, 0.2) is 5.96 Å². The maximum Gasteiger partial charge on any atom is 0.195 e. The second-order valence-electron chi connectivity index (χ2n) is 6.47. The number of hydrogen-bond acceptors (Lipinski definition) is 4. The van der Waals surface area contributed by atoms with Gasteiger partial charge in [-0.25, -0.2) is 0 Å². The average molecular weight is 477 g/mol. The van der Waals surface area contributed by atoms with Crippen molar-refractivity contribution in [1.29, 1.82) is 0 Å². The van der Waals surface area contributed by atoms with Crippen molar-refractivity contribution in [1.82, 2.24) is 5.32 Å². The minimum atomic E-state index is -0.644. The lowest BCUT2D eigenvalue weighted by Gasteiger charge is -2.20. The molecule has 0 unspecified atom stereocenters. The summed E-state index contributed by atoms with van der Waals surface area (Å²) in [5.41, 5.74) is 0.261. The van der Waals surface area contributed by atoms with E-state index in [1.165, 1.54) is 0 Å². The molecule has 1 aliphatic carbocycles. The molecule has 0 bridgehead atoms. The highest BCUT2D eigenvalue weighted by Crippen LogP contribution is 2.29. The van der Waals surface area contributed by atoms with Crippen molar-refractivity contribution in [3.63, 3.8) is 0 Å². The Morgan fingerprint density at radius 2 is 2.04 bits per heavy atom. The maximum absolute atomic E-state index is 10.5. The molecule has 2 rings (SSSR count). The molecule has 1 aromatic carbocycles. The number of hydrogen-bond donors (Lipinski definition) is 3. The molecule has 1 aromatic rings. The zero-order valence-electron chi connectivity index (χ0n) is 15.8. The molecule has 1 saturated carbocycles. The SMILES string of the molecule is CCNC(=NCC1(O)CCCC1)Nc1cccc(OCCCOC)c1.I. The standard InChI is InChI=1S/C19H31N3O3.HI/c1-3-20-18(21-15-19(23)10-4-5-11-19)22-16-8-6-9-17(14-16)25-13-7-12-24-2;/h6,8-9,14,23H,3-5,7,10-13,15H2,1-2H3,(H2,20,21,22);1H. The third kappa shape index (κ3) is 8.09. The van der Waals surface area contributed by atoms with Crippen LogP contribution < -0.4 is 15.4 Å². The Hall–Kier alpha value is -1.06. The largest absolute Gasteiger partial charge is 0.493 e. The number of anilines is 1. The van der Waals surface area contributed by atoms with Crippen LogP contribution in [0.25, 0.3) is 0 Å². The van der Waals surface area contributed by atoms with E-state index in [4.69, 9.17) is 9.47 Å². The zero-order chi connectivity index (χ0) is 18.0. The van der Waals surface area contributed by atoms with E-state index in [0.29, 0.717) is 25.7 Å². The van der Waals surface area contributed by atoms with Crippen molar-refractivity contribution in [2.75, 3.05) is 38.7 Å². The molecule has 0 aliphatic heterocycles. The summed E-state index contributed by atoms with van der Waals surface area (Å²) >= 11 is 0. The zero-order valence-corrected chi connectivity index (χ0v) is 18.1. The second-order valence-corrected chi connectivity index (χ2v) is 6.47. The van der Waals surface area contributed by atoms with E-state index in [2.05, 4.69) is 15.6 Å². The van der Waals surface area contributed by atoms with E-state index < -0.39 is 5.60 Å². The third-order valence-corrected chi connectivity index (χ3v) is 4.27. The number of halogens is 1. The number of ether oxygens (including phenoxy) is 2. The Bertz CT molecular complexity index is 549. The van der Waals surface area contributed by atoms with E-state index >= 15 is 0 Å². The van der Waals surface area contributed by atoms with Gasteiger partial charge >= 0.3 is 0 Å². The number of nitrogens with zero attached hydrogens (tertiary/aromatic N) is 1.